The zero-order valence-electron chi connectivity index (χ0n) is 14.1. The van der Waals surface area contributed by atoms with Crippen LogP contribution in [0.1, 0.15) is 16.2 Å². The number of carbonyl (C=O) groups is 1. The maximum atomic E-state index is 12.7. The number of hydrogen-bond donors (Lipinski definition) is 1. The van der Waals surface area contributed by atoms with E-state index in [1.54, 1.807) is 35.0 Å². The Hall–Kier alpha value is -3.67. The number of nitrogens with one attached hydrogen (secondary N) is 1. The Bertz CT molecular complexity index is 1070. The average molecular weight is 344 g/mol. The molecule has 1 amide bonds. The summed E-state index contributed by atoms with van der Waals surface area (Å²) in [4.78, 5) is 17.0. The van der Waals surface area contributed by atoms with E-state index in [-0.39, 0.29) is 5.91 Å². The summed E-state index contributed by atoms with van der Waals surface area (Å²) in [6.07, 6.45) is 1.65. The van der Waals surface area contributed by atoms with Gasteiger partial charge in [0.25, 0.3) is 5.91 Å². The highest BCUT2D eigenvalue weighted by Crippen LogP contribution is 2.29. The topological polar surface area (TPSA) is 68.5 Å². The molecule has 0 aliphatic carbocycles. The van der Waals surface area contributed by atoms with Crippen LogP contribution in [0.3, 0.4) is 0 Å². The van der Waals surface area contributed by atoms with Crippen LogP contribution in [0.4, 0.5) is 5.69 Å². The number of amides is 1. The van der Waals surface area contributed by atoms with E-state index in [4.69, 9.17) is 4.74 Å². The highest BCUT2D eigenvalue weighted by Gasteiger charge is 2.14. The molecule has 6 nitrogen and oxygen atoms in total. The second-order valence-corrected chi connectivity index (χ2v) is 5.75. The highest BCUT2D eigenvalue weighted by molar-refractivity contribution is 6.04. The minimum atomic E-state index is -0.305. The standard InChI is InChI=1S/C20H16N4O2/c1-14-13-17(22-19-11-12-21-24(14)19)20(25)23-16-9-5-6-10-18(16)26-15-7-3-2-4-8-15/h2-13H,1H3,(H,23,25). The Kier molecular flexibility index (Phi) is 4.07. The molecular formula is C20H16N4O2. The first-order valence-corrected chi connectivity index (χ1v) is 8.15. The predicted octanol–water partition coefficient (Wildman–Crippen LogP) is 4.08. The molecule has 2 heterocycles. The average Bonchev–Trinajstić information content (AvgIpc) is 3.13. The van der Waals surface area contributed by atoms with Crippen LogP contribution in [-0.4, -0.2) is 20.5 Å². The summed E-state index contributed by atoms with van der Waals surface area (Å²) in [6, 6.07) is 20.2. The fourth-order valence-corrected chi connectivity index (χ4v) is 2.64. The molecule has 0 unspecified atom stereocenters. The maximum Gasteiger partial charge on any atom is 0.274 e. The van der Waals surface area contributed by atoms with Crippen LogP contribution in [0.15, 0.2) is 72.9 Å². The summed E-state index contributed by atoms with van der Waals surface area (Å²) in [6.45, 7) is 1.88. The van der Waals surface area contributed by atoms with E-state index < -0.39 is 0 Å². The van der Waals surface area contributed by atoms with Crippen molar-refractivity contribution in [3.05, 3.63) is 84.3 Å². The molecule has 4 aromatic rings. The lowest BCUT2D eigenvalue weighted by Gasteiger charge is -2.12. The number of carbonyl (C=O) groups excluding carboxylic acids is 1. The van der Waals surface area contributed by atoms with E-state index >= 15 is 0 Å². The minimum Gasteiger partial charge on any atom is -0.455 e. The number of hydrogen-bond acceptors (Lipinski definition) is 4. The van der Waals surface area contributed by atoms with E-state index in [9.17, 15) is 4.79 Å². The van der Waals surface area contributed by atoms with Gasteiger partial charge in [-0.15, -0.1) is 0 Å². The second kappa shape index (κ2) is 6.68. The molecule has 6 heteroatoms. The van der Waals surface area contributed by atoms with Gasteiger partial charge in [-0.05, 0) is 37.3 Å². The molecule has 0 radical (unpaired) electrons. The number of rotatable bonds is 4. The zero-order chi connectivity index (χ0) is 17.9. The van der Waals surface area contributed by atoms with Gasteiger partial charge in [0.05, 0.1) is 11.9 Å². The van der Waals surface area contributed by atoms with Crippen molar-refractivity contribution >= 4 is 17.2 Å². The summed E-state index contributed by atoms with van der Waals surface area (Å²) in [7, 11) is 0. The van der Waals surface area contributed by atoms with E-state index in [1.807, 2.05) is 49.4 Å². The normalized spacial score (nSPS) is 10.7. The lowest BCUT2D eigenvalue weighted by atomic mass is 10.2. The van der Waals surface area contributed by atoms with Crippen LogP contribution in [0, 0.1) is 6.92 Å². The van der Waals surface area contributed by atoms with Crippen LogP contribution in [-0.2, 0) is 0 Å². The molecule has 0 bridgehead atoms. The van der Waals surface area contributed by atoms with Crippen molar-refractivity contribution in [1.29, 1.82) is 0 Å². The Morgan fingerprint density at radius 1 is 1.04 bits per heavy atom. The van der Waals surface area contributed by atoms with Crippen molar-refractivity contribution in [3.8, 4) is 11.5 Å². The molecule has 0 atom stereocenters. The zero-order valence-corrected chi connectivity index (χ0v) is 14.1. The third kappa shape index (κ3) is 3.12. The molecule has 128 valence electrons. The summed E-state index contributed by atoms with van der Waals surface area (Å²) in [5, 5.41) is 7.04. The molecular weight excluding hydrogens is 328 g/mol. The fraction of sp³-hybridized carbons (Fsp3) is 0.0500. The van der Waals surface area contributed by atoms with Gasteiger partial charge in [0.15, 0.2) is 11.4 Å². The molecule has 1 N–H and O–H groups in total. The Balaban J connectivity index is 1.61. The highest BCUT2D eigenvalue weighted by atomic mass is 16.5. The molecule has 2 aromatic heterocycles. The van der Waals surface area contributed by atoms with Crippen LogP contribution in [0.5, 0.6) is 11.5 Å². The van der Waals surface area contributed by atoms with Crippen LogP contribution in [0.2, 0.25) is 0 Å². The molecule has 2 aromatic carbocycles. The van der Waals surface area contributed by atoms with Gasteiger partial charge >= 0.3 is 0 Å². The SMILES string of the molecule is Cc1cc(C(=O)Nc2ccccc2Oc2ccccc2)nc2ccnn12. The smallest absolute Gasteiger partial charge is 0.274 e. The van der Waals surface area contributed by atoms with Gasteiger partial charge in [-0.2, -0.15) is 5.10 Å². The number of anilines is 1. The first-order chi connectivity index (χ1) is 12.7. The Labute approximate surface area is 150 Å². The van der Waals surface area contributed by atoms with E-state index in [0.717, 1.165) is 5.69 Å². The van der Waals surface area contributed by atoms with Crippen molar-refractivity contribution in [2.75, 3.05) is 5.32 Å². The second-order valence-electron chi connectivity index (χ2n) is 5.75. The summed E-state index contributed by atoms with van der Waals surface area (Å²) >= 11 is 0. The lowest BCUT2D eigenvalue weighted by molar-refractivity contribution is 0.102. The molecule has 0 saturated carbocycles. The quantitative estimate of drug-likeness (QED) is 0.606. The molecule has 0 aliphatic heterocycles. The van der Waals surface area contributed by atoms with Crippen molar-refractivity contribution in [2.45, 2.75) is 6.92 Å². The summed E-state index contributed by atoms with van der Waals surface area (Å²) in [5.74, 6) is 0.957. The van der Waals surface area contributed by atoms with Gasteiger partial charge in [0, 0.05) is 11.8 Å². The number of fused-ring (bicyclic) bond motifs is 1. The van der Waals surface area contributed by atoms with Gasteiger partial charge in [0.1, 0.15) is 11.4 Å². The van der Waals surface area contributed by atoms with Gasteiger partial charge in [-0.25, -0.2) is 9.50 Å². The molecule has 0 saturated heterocycles. The third-order valence-corrected chi connectivity index (χ3v) is 3.88. The molecule has 0 fully saturated rings. The first-order valence-electron chi connectivity index (χ1n) is 8.15. The lowest BCUT2D eigenvalue weighted by Crippen LogP contribution is -2.15. The number of para-hydroxylation sites is 3. The van der Waals surface area contributed by atoms with Gasteiger partial charge < -0.3 is 10.1 Å². The van der Waals surface area contributed by atoms with Gasteiger partial charge in [0.2, 0.25) is 0 Å². The van der Waals surface area contributed by atoms with Crippen molar-refractivity contribution in [3.63, 3.8) is 0 Å². The van der Waals surface area contributed by atoms with Crippen molar-refractivity contribution in [1.82, 2.24) is 14.6 Å². The Morgan fingerprint density at radius 2 is 1.81 bits per heavy atom. The van der Waals surface area contributed by atoms with Crippen molar-refractivity contribution < 1.29 is 9.53 Å². The van der Waals surface area contributed by atoms with Crippen LogP contribution < -0.4 is 10.1 Å². The van der Waals surface area contributed by atoms with E-state index in [1.165, 1.54) is 0 Å². The monoisotopic (exact) mass is 344 g/mol. The fourth-order valence-electron chi connectivity index (χ4n) is 2.64. The maximum absolute atomic E-state index is 12.7. The summed E-state index contributed by atoms with van der Waals surface area (Å²) in [5.41, 5.74) is 2.36. The Morgan fingerprint density at radius 3 is 2.65 bits per heavy atom. The van der Waals surface area contributed by atoms with Gasteiger partial charge in [-0.1, -0.05) is 30.3 Å². The number of benzene rings is 2. The number of ether oxygens (including phenoxy) is 1. The molecule has 4 rings (SSSR count). The van der Waals surface area contributed by atoms with Gasteiger partial charge in [-0.3, -0.25) is 4.79 Å². The summed E-state index contributed by atoms with van der Waals surface area (Å²) < 4.78 is 7.56. The number of aromatic nitrogens is 3. The molecule has 26 heavy (non-hydrogen) atoms. The molecule has 0 spiro atoms. The largest absolute Gasteiger partial charge is 0.455 e. The van der Waals surface area contributed by atoms with Crippen LogP contribution >= 0.6 is 0 Å². The number of aryl methyl sites for hydroxylation is 1. The van der Waals surface area contributed by atoms with E-state index in [2.05, 4.69) is 15.4 Å². The van der Waals surface area contributed by atoms with Crippen molar-refractivity contribution in [2.24, 2.45) is 0 Å². The van der Waals surface area contributed by atoms with E-state index in [0.29, 0.717) is 28.5 Å². The number of nitrogens with zero attached hydrogens (tertiary/aromatic N) is 3. The van der Waals surface area contributed by atoms with Crippen LogP contribution in [0.25, 0.3) is 5.65 Å². The first kappa shape index (κ1) is 15.8. The minimum absolute atomic E-state index is 0.305. The predicted molar refractivity (Wildman–Crippen MR) is 98.6 cm³/mol. The molecule has 0 aliphatic rings. The third-order valence-electron chi connectivity index (χ3n) is 3.88.